The Kier molecular flexibility index (Phi) is 6.99. The zero-order valence-electron chi connectivity index (χ0n) is 13.2. The van der Waals surface area contributed by atoms with Crippen LogP contribution < -0.4 is 10.0 Å². The third-order valence-corrected chi connectivity index (χ3v) is 4.61. The van der Waals surface area contributed by atoms with E-state index in [2.05, 4.69) is 10.0 Å². The van der Waals surface area contributed by atoms with E-state index in [1.807, 2.05) is 6.92 Å². The summed E-state index contributed by atoms with van der Waals surface area (Å²) in [5.74, 6) is -0.337. The molecule has 1 atom stereocenters. The van der Waals surface area contributed by atoms with E-state index in [0.717, 1.165) is 6.42 Å². The second-order valence-electron chi connectivity index (χ2n) is 5.45. The first kappa shape index (κ1) is 18.6. The summed E-state index contributed by atoms with van der Waals surface area (Å²) in [7, 11) is -3.56. The molecule has 0 aliphatic carbocycles. The predicted octanol–water partition coefficient (Wildman–Crippen LogP) is 1.26. The number of aliphatic hydroxyl groups excluding tert-OH is 1. The number of amides is 1. The van der Waals surface area contributed by atoms with Gasteiger partial charge in [-0.25, -0.2) is 13.1 Å². The van der Waals surface area contributed by atoms with Crippen molar-refractivity contribution in [2.75, 3.05) is 6.54 Å². The largest absolute Gasteiger partial charge is 0.391 e. The number of carbonyl (C=O) groups is 1. The van der Waals surface area contributed by atoms with E-state index in [1.54, 1.807) is 13.8 Å². The lowest BCUT2D eigenvalue weighted by atomic mass is 10.2. The summed E-state index contributed by atoms with van der Waals surface area (Å²) in [6.45, 7) is 5.61. The minimum absolute atomic E-state index is 0.115. The van der Waals surface area contributed by atoms with Gasteiger partial charge in [0, 0.05) is 18.2 Å². The number of sulfonamides is 1. The fourth-order valence-electron chi connectivity index (χ4n) is 1.91. The lowest BCUT2D eigenvalue weighted by Gasteiger charge is -2.12. The number of carbonyl (C=O) groups excluding carboxylic acids is 1. The van der Waals surface area contributed by atoms with Crippen LogP contribution in [0.4, 0.5) is 0 Å². The number of hydrogen-bond acceptors (Lipinski definition) is 4. The molecule has 0 bridgehead atoms. The molecule has 0 fully saturated rings. The van der Waals surface area contributed by atoms with Crippen molar-refractivity contribution in [2.45, 2.75) is 50.7 Å². The summed E-state index contributed by atoms with van der Waals surface area (Å²) >= 11 is 0. The summed E-state index contributed by atoms with van der Waals surface area (Å²) in [5, 5.41) is 12.2. The molecule has 1 amide bonds. The fourth-order valence-corrected chi connectivity index (χ4v) is 3.16. The molecular weight excluding hydrogens is 304 g/mol. The topological polar surface area (TPSA) is 95.5 Å². The van der Waals surface area contributed by atoms with Gasteiger partial charge in [-0.2, -0.15) is 0 Å². The van der Waals surface area contributed by atoms with Crippen LogP contribution in [0.3, 0.4) is 0 Å². The van der Waals surface area contributed by atoms with Crippen LogP contribution in [0.2, 0.25) is 0 Å². The van der Waals surface area contributed by atoms with Crippen LogP contribution in [-0.4, -0.2) is 38.1 Å². The van der Waals surface area contributed by atoms with E-state index >= 15 is 0 Å². The quantitative estimate of drug-likeness (QED) is 0.669. The molecule has 0 aliphatic rings. The molecule has 0 aliphatic heterocycles. The number of nitrogens with one attached hydrogen (secondary N) is 2. The molecule has 7 heteroatoms. The predicted molar refractivity (Wildman–Crippen MR) is 85.1 cm³/mol. The highest BCUT2D eigenvalue weighted by atomic mass is 32.2. The third kappa shape index (κ3) is 5.75. The van der Waals surface area contributed by atoms with Gasteiger partial charge in [-0.15, -0.1) is 0 Å². The molecule has 0 heterocycles. The van der Waals surface area contributed by atoms with Crippen molar-refractivity contribution in [3.05, 3.63) is 29.8 Å². The number of hydrogen-bond donors (Lipinski definition) is 3. The fraction of sp³-hybridized carbons (Fsp3) is 0.533. The lowest BCUT2D eigenvalue weighted by molar-refractivity contribution is 0.0910. The molecule has 0 aromatic heterocycles. The van der Waals surface area contributed by atoms with E-state index in [9.17, 15) is 18.3 Å². The third-order valence-electron chi connectivity index (χ3n) is 2.94. The average molecular weight is 328 g/mol. The Labute approximate surface area is 132 Å². The normalized spacial score (nSPS) is 13.1. The molecule has 0 spiro atoms. The number of rotatable bonds is 8. The van der Waals surface area contributed by atoms with Gasteiger partial charge in [0.2, 0.25) is 10.0 Å². The summed E-state index contributed by atoms with van der Waals surface area (Å²) < 4.78 is 26.4. The van der Waals surface area contributed by atoms with Gasteiger partial charge in [-0.05, 0) is 44.5 Å². The Morgan fingerprint density at radius 1 is 1.23 bits per heavy atom. The molecule has 1 aromatic carbocycles. The van der Waals surface area contributed by atoms with Gasteiger partial charge < -0.3 is 10.4 Å². The molecule has 0 unspecified atom stereocenters. The summed E-state index contributed by atoms with van der Waals surface area (Å²) in [6.07, 6.45) is 0.897. The summed E-state index contributed by atoms with van der Waals surface area (Å²) in [5.41, 5.74) is 0.354. The van der Waals surface area contributed by atoms with Crippen LogP contribution in [0.5, 0.6) is 0 Å². The zero-order chi connectivity index (χ0) is 16.8. The SMILES string of the molecule is CCC[C@@H](O)CNC(=O)c1ccc(S(=O)(=O)NC(C)C)cc1. The highest BCUT2D eigenvalue weighted by Crippen LogP contribution is 2.11. The van der Waals surface area contributed by atoms with Gasteiger partial charge >= 0.3 is 0 Å². The smallest absolute Gasteiger partial charge is 0.251 e. The van der Waals surface area contributed by atoms with E-state index in [0.29, 0.717) is 12.0 Å². The van der Waals surface area contributed by atoms with Gasteiger partial charge in [-0.3, -0.25) is 4.79 Å². The van der Waals surface area contributed by atoms with Crippen LogP contribution in [0, 0.1) is 0 Å². The molecule has 1 rings (SSSR count). The van der Waals surface area contributed by atoms with Gasteiger partial charge in [0.1, 0.15) is 0 Å². The minimum atomic E-state index is -3.56. The van der Waals surface area contributed by atoms with Crippen LogP contribution in [0.1, 0.15) is 44.0 Å². The molecule has 1 aromatic rings. The van der Waals surface area contributed by atoms with Crippen LogP contribution in [0.25, 0.3) is 0 Å². The molecule has 124 valence electrons. The molecular formula is C15H24N2O4S. The standard InChI is InChI=1S/C15H24N2O4S/c1-4-5-13(18)10-16-15(19)12-6-8-14(9-7-12)22(20,21)17-11(2)3/h6-9,11,13,17-18H,4-5,10H2,1-3H3,(H,16,19)/t13-/m1/s1. The zero-order valence-corrected chi connectivity index (χ0v) is 14.0. The van der Waals surface area contributed by atoms with Crippen molar-refractivity contribution < 1.29 is 18.3 Å². The van der Waals surface area contributed by atoms with Crippen molar-refractivity contribution >= 4 is 15.9 Å². The van der Waals surface area contributed by atoms with E-state index in [1.165, 1.54) is 24.3 Å². The van der Waals surface area contributed by atoms with Crippen LogP contribution in [0.15, 0.2) is 29.2 Å². The van der Waals surface area contributed by atoms with Crippen LogP contribution in [-0.2, 0) is 10.0 Å². The summed E-state index contributed by atoms with van der Waals surface area (Å²) in [4.78, 5) is 12.0. The Balaban J connectivity index is 2.70. The van der Waals surface area contributed by atoms with Crippen molar-refractivity contribution in [3.63, 3.8) is 0 Å². The minimum Gasteiger partial charge on any atom is -0.391 e. The van der Waals surface area contributed by atoms with Gasteiger partial charge in [-0.1, -0.05) is 13.3 Å². The van der Waals surface area contributed by atoms with E-state index in [4.69, 9.17) is 0 Å². The Morgan fingerprint density at radius 2 is 1.82 bits per heavy atom. The van der Waals surface area contributed by atoms with Crippen molar-refractivity contribution in [1.29, 1.82) is 0 Å². The second kappa shape index (κ2) is 8.26. The van der Waals surface area contributed by atoms with Gasteiger partial charge in [0.25, 0.3) is 5.91 Å². The first-order chi connectivity index (χ1) is 10.3. The average Bonchev–Trinajstić information content (AvgIpc) is 2.44. The maximum Gasteiger partial charge on any atom is 0.251 e. The Morgan fingerprint density at radius 3 is 2.32 bits per heavy atom. The van der Waals surface area contributed by atoms with Crippen molar-refractivity contribution in [3.8, 4) is 0 Å². The first-order valence-electron chi connectivity index (χ1n) is 7.35. The van der Waals surface area contributed by atoms with E-state index in [-0.39, 0.29) is 23.4 Å². The van der Waals surface area contributed by atoms with Crippen molar-refractivity contribution in [2.24, 2.45) is 0 Å². The monoisotopic (exact) mass is 328 g/mol. The lowest BCUT2D eigenvalue weighted by Crippen LogP contribution is -2.32. The second-order valence-corrected chi connectivity index (χ2v) is 7.17. The van der Waals surface area contributed by atoms with E-state index < -0.39 is 16.1 Å². The maximum atomic E-state index is 12.0. The molecule has 0 radical (unpaired) electrons. The Hall–Kier alpha value is -1.44. The number of benzene rings is 1. The first-order valence-corrected chi connectivity index (χ1v) is 8.83. The maximum absolute atomic E-state index is 12.0. The van der Waals surface area contributed by atoms with Gasteiger partial charge in [0.15, 0.2) is 0 Å². The number of aliphatic hydroxyl groups is 1. The molecule has 3 N–H and O–H groups in total. The Bertz CT molecular complexity index is 582. The highest BCUT2D eigenvalue weighted by Gasteiger charge is 2.16. The molecule has 6 nitrogen and oxygen atoms in total. The van der Waals surface area contributed by atoms with Crippen molar-refractivity contribution in [1.82, 2.24) is 10.0 Å². The molecule has 0 saturated carbocycles. The molecule has 0 saturated heterocycles. The van der Waals surface area contributed by atoms with Crippen LogP contribution >= 0.6 is 0 Å². The summed E-state index contributed by atoms with van der Waals surface area (Å²) in [6, 6.07) is 5.49. The highest BCUT2D eigenvalue weighted by molar-refractivity contribution is 7.89. The van der Waals surface area contributed by atoms with Gasteiger partial charge in [0.05, 0.1) is 11.0 Å². The molecule has 22 heavy (non-hydrogen) atoms.